The average Bonchev–Trinajstić information content (AvgIpc) is 2.76. The molecular formula is C22H23F3N2O3. The molecule has 2 aromatic rings. The van der Waals surface area contributed by atoms with E-state index in [1.54, 1.807) is 24.3 Å². The van der Waals surface area contributed by atoms with E-state index in [0.29, 0.717) is 47.0 Å². The van der Waals surface area contributed by atoms with Gasteiger partial charge in [-0.25, -0.2) is 4.79 Å². The van der Waals surface area contributed by atoms with E-state index in [0.717, 1.165) is 13.0 Å². The molecule has 3 aliphatic rings. The Kier molecular flexibility index (Phi) is 5.44. The minimum atomic E-state index is -5.06. The summed E-state index contributed by atoms with van der Waals surface area (Å²) in [7, 11) is 1.51. The van der Waals surface area contributed by atoms with E-state index in [1.807, 2.05) is 6.08 Å². The van der Waals surface area contributed by atoms with Crippen molar-refractivity contribution < 1.29 is 27.4 Å². The molecule has 3 aliphatic heterocycles. The Labute approximate surface area is 172 Å². The molecule has 3 fully saturated rings. The molecule has 30 heavy (non-hydrogen) atoms. The van der Waals surface area contributed by atoms with Crippen LogP contribution in [0.25, 0.3) is 10.9 Å². The Bertz CT molecular complexity index is 962. The molecule has 5 atom stereocenters. The van der Waals surface area contributed by atoms with Crippen LogP contribution < -0.4 is 4.74 Å². The van der Waals surface area contributed by atoms with Crippen LogP contribution in [-0.2, 0) is 9.53 Å². The molecule has 5 nitrogen and oxygen atoms in total. The maximum absolute atomic E-state index is 13.1. The lowest BCUT2D eigenvalue weighted by Gasteiger charge is -2.51. The lowest BCUT2D eigenvalue weighted by Crippen LogP contribution is -2.55. The quantitative estimate of drug-likeness (QED) is 0.534. The third-order valence-corrected chi connectivity index (χ3v) is 6.26. The molecule has 0 N–H and O–H groups in total. The average molecular weight is 420 g/mol. The van der Waals surface area contributed by atoms with Gasteiger partial charge in [0.15, 0.2) is 0 Å². The number of methoxy groups -OCH3 is 1. The first-order chi connectivity index (χ1) is 14.3. The van der Waals surface area contributed by atoms with Crippen molar-refractivity contribution in [1.82, 2.24) is 9.88 Å². The van der Waals surface area contributed by atoms with Crippen LogP contribution >= 0.6 is 0 Å². The van der Waals surface area contributed by atoms with Gasteiger partial charge in [0.2, 0.25) is 0 Å². The number of carbonyl (C=O) groups is 1. The first-order valence-electron chi connectivity index (χ1n) is 9.89. The first-order valence-corrected chi connectivity index (χ1v) is 9.89. The summed E-state index contributed by atoms with van der Waals surface area (Å²) in [5.74, 6) is -1.02. The van der Waals surface area contributed by atoms with Crippen LogP contribution in [0.1, 0.15) is 24.5 Å². The summed E-state index contributed by atoms with van der Waals surface area (Å²) in [4.78, 5) is 18.3. The van der Waals surface area contributed by atoms with Gasteiger partial charge in [-0.3, -0.25) is 9.88 Å². The van der Waals surface area contributed by atoms with E-state index in [1.165, 1.54) is 13.3 Å². The van der Waals surface area contributed by atoms with Crippen LogP contribution in [-0.4, -0.2) is 48.3 Å². The Hall–Kier alpha value is -2.61. The van der Waals surface area contributed by atoms with E-state index in [9.17, 15) is 18.0 Å². The van der Waals surface area contributed by atoms with Crippen molar-refractivity contribution in [3.8, 4) is 5.75 Å². The van der Waals surface area contributed by atoms with E-state index < -0.39 is 18.2 Å². The van der Waals surface area contributed by atoms with Crippen LogP contribution in [0.5, 0.6) is 5.75 Å². The largest absolute Gasteiger partial charge is 0.497 e. The maximum atomic E-state index is 13.1. The number of carbonyl (C=O) groups excluding carboxylic acids is 1. The highest BCUT2D eigenvalue weighted by atomic mass is 19.4. The van der Waals surface area contributed by atoms with Crippen molar-refractivity contribution in [2.45, 2.75) is 31.2 Å². The SMILES string of the molecule is C=C[C@H]1CN2CC[C@H]1C[C@H]2[C@H](OC(=O)C(F)(F)F)c1ccnc2ccc(OC)cc12. The number of piperidine rings is 3. The highest BCUT2D eigenvalue weighted by molar-refractivity contribution is 5.84. The molecule has 160 valence electrons. The third-order valence-electron chi connectivity index (χ3n) is 6.26. The number of ether oxygens (including phenoxy) is 2. The number of fused-ring (bicyclic) bond motifs is 4. The highest BCUT2D eigenvalue weighted by Gasteiger charge is 2.48. The molecule has 2 bridgehead atoms. The third kappa shape index (κ3) is 3.76. The van der Waals surface area contributed by atoms with Crippen molar-refractivity contribution >= 4 is 16.9 Å². The number of halogens is 3. The number of aromatic nitrogens is 1. The van der Waals surface area contributed by atoms with Gasteiger partial charge in [-0.05, 0) is 55.5 Å². The van der Waals surface area contributed by atoms with E-state index in [-0.39, 0.29) is 6.04 Å². The van der Waals surface area contributed by atoms with Crippen molar-refractivity contribution in [3.05, 3.63) is 48.7 Å². The number of nitrogens with zero attached hydrogens (tertiary/aromatic N) is 2. The summed E-state index contributed by atoms with van der Waals surface area (Å²) in [6, 6.07) is 6.47. The summed E-state index contributed by atoms with van der Waals surface area (Å²) in [6.45, 7) is 5.34. The lowest BCUT2D eigenvalue weighted by molar-refractivity contribution is -0.210. The number of esters is 1. The highest BCUT2D eigenvalue weighted by Crippen LogP contribution is 2.44. The summed E-state index contributed by atoms with van der Waals surface area (Å²) >= 11 is 0. The molecule has 0 aliphatic carbocycles. The van der Waals surface area contributed by atoms with Gasteiger partial charge in [0.25, 0.3) is 0 Å². The maximum Gasteiger partial charge on any atom is 0.490 e. The van der Waals surface area contributed by atoms with Crippen LogP contribution in [0, 0.1) is 11.8 Å². The topological polar surface area (TPSA) is 51.7 Å². The van der Waals surface area contributed by atoms with Gasteiger partial charge in [0.1, 0.15) is 11.9 Å². The predicted octanol–water partition coefficient (Wildman–Crippen LogP) is 4.29. The molecule has 1 aromatic heterocycles. The molecular weight excluding hydrogens is 397 g/mol. The molecule has 0 amide bonds. The second kappa shape index (κ2) is 7.91. The van der Waals surface area contributed by atoms with Gasteiger partial charge in [-0.15, -0.1) is 6.58 Å². The van der Waals surface area contributed by atoms with Crippen molar-refractivity contribution in [2.24, 2.45) is 11.8 Å². The predicted molar refractivity (Wildman–Crippen MR) is 105 cm³/mol. The number of hydrogen-bond acceptors (Lipinski definition) is 5. The number of hydrogen-bond donors (Lipinski definition) is 0. The van der Waals surface area contributed by atoms with Crippen molar-refractivity contribution in [3.63, 3.8) is 0 Å². The molecule has 0 saturated carbocycles. The zero-order valence-electron chi connectivity index (χ0n) is 16.6. The zero-order chi connectivity index (χ0) is 21.5. The van der Waals surface area contributed by atoms with Gasteiger partial charge >= 0.3 is 12.1 Å². The van der Waals surface area contributed by atoms with Gasteiger partial charge in [0.05, 0.1) is 18.7 Å². The van der Waals surface area contributed by atoms with Gasteiger partial charge in [-0.2, -0.15) is 13.2 Å². The number of pyridine rings is 1. The van der Waals surface area contributed by atoms with Crippen LogP contribution in [0.15, 0.2) is 43.1 Å². The Morgan fingerprint density at radius 1 is 1.37 bits per heavy atom. The minimum absolute atomic E-state index is 0.295. The second-order valence-electron chi connectivity index (χ2n) is 7.85. The fourth-order valence-corrected chi connectivity index (χ4v) is 4.75. The van der Waals surface area contributed by atoms with E-state index >= 15 is 0 Å². The molecule has 0 radical (unpaired) electrons. The Morgan fingerprint density at radius 3 is 2.80 bits per heavy atom. The fraction of sp³-hybridized carbons (Fsp3) is 0.455. The Morgan fingerprint density at radius 2 is 2.17 bits per heavy atom. The lowest BCUT2D eigenvalue weighted by atomic mass is 9.73. The molecule has 3 saturated heterocycles. The molecule has 5 rings (SSSR count). The minimum Gasteiger partial charge on any atom is -0.497 e. The standard InChI is InChI=1S/C22H23F3N2O3/c1-3-13-12-27-9-7-14(13)10-19(27)20(30-21(28)22(23,24)25)16-6-8-26-18-5-4-15(29-2)11-17(16)18/h3-6,8,11,13-14,19-20H,1,7,9-10,12H2,2H3/t13-,14-,19-,20+/m0/s1. The molecule has 1 aromatic carbocycles. The molecule has 1 unspecified atom stereocenters. The second-order valence-corrected chi connectivity index (χ2v) is 7.85. The van der Waals surface area contributed by atoms with Gasteiger partial charge < -0.3 is 9.47 Å². The van der Waals surface area contributed by atoms with Crippen LogP contribution in [0.3, 0.4) is 0 Å². The summed E-state index contributed by atoms with van der Waals surface area (Å²) < 4.78 is 49.7. The van der Waals surface area contributed by atoms with Crippen molar-refractivity contribution in [1.29, 1.82) is 0 Å². The smallest absolute Gasteiger partial charge is 0.490 e. The normalized spacial score (nSPS) is 26.9. The molecule has 8 heteroatoms. The summed E-state index contributed by atoms with van der Waals surface area (Å²) in [5, 5.41) is 0.611. The van der Waals surface area contributed by atoms with E-state index in [4.69, 9.17) is 9.47 Å². The van der Waals surface area contributed by atoms with Crippen LogP contribution in [0.2, 0.25) is 0 Å². The number of rotatable bonds is 5. The molecule has 4 heterocycles. The molecule has 0 spiro atoms. The zero-order valence-corrected chi connectivity index (χ0v) is 16.6. The van der Waals surface area contributed by atoms with E-state index in [2.05, 4.69) is 16.5 Å². The monoisotopic (exact) mass is 420 g/mol. The van der Waals surface area contributed by atoms with Crippen LogP contribution in [0.4, 0.5) is 13.2 Å². The Balaban J connectivity index is 1.78. The first kappa shape index (κ1) is 20.7. The number of benzene rings is 1. The van der Waals surface area contributed by atoms with Gasteiger partial charge in [-0.1, -0.05) is 6.08 Å². The van der Waals surface area contributed by atoms with Crippen molar-refractivity contribution in [2.75, 3.05) is 20.2 Å². The number of alkyl halides is 3. The summed E-state index contributed by atoms with van der Waals surface area (Å²) in [5.41, 5.74) is 1.10. The summed E-state index contributed by atoms with van der Waals surface area (Å²) in [6.07, 6.45) is -1.09. The fourth-order valence-electron chi connectivity index (χ4n) is 4.75. The van der Waals surface area contributed by atoms with Gasteiger partial charge in [0, 0.05) is 23.7 Å².